The summed E-state index contributed by atoms with van der Waals surface area (Å²) in [5, 5.41) is 9.59. The number of hydrogen-bond acceptors (Lipinski definition) is 3. The van der Waals surface area contributed by atoms with E-state index in [9.17, 15) is 9.90 Å². The molecule has 0 spiro atoms. The smallest absolute Gasteiger partial charge is 0.343 e. The Morgan fingerprint density at radius 2 is 1.09 bits per heavy atom. The van der Waals surface area contributed by atoms with Crippen LogP contribution in [0, 0.1) is 0 Å². The molecule has 32 heavy (non-hydrogen) atoms. The average Bonchev–Trinajstić information content (AvgIpc) is 2.57. The van der Waals surface area contributed by atoms with Gasteiger partial charge in [0, 0.05) is 5.56 Å². The molecular formula is C29H42O3. The monoisotopic (exact) mass is 438 g/mol. The molecule has 0 fully saturated rings. The summed E-state index contributed by atoms with van der Waals surface area (Å²) in [6.45, 7) is 26.7. The zero-order valence-electron chi connectivity index (χ0n) is 22.2. The van der Waals surface area contributed by atoms with Crippen LogP contribution in [0.2, 0.25) is 0 Å². The molecule has 2 aromatic rings. The van der Waals surface area contributed by atoms with Gasteiger partial charge in [-0.3, -0.25) is 0 Å². The maximum Gasteiger partial charge on any atom is 0.343 e. The van der Waals surface area contributed by atoms with Crippen LogP contribution >= 0.6 is 0 Å². The molecule has 3 nitrogen and oxygen atoms in total. The van der Waals surface area contributed by atoms with Crippen LogP contribution in [0.3, 0.4) is 0 Å². The highest BCUT2D eigenvalue weighted by Crippen LogP contribution is 2.49. The van der Waals surface area contributed by atoms with Gasteiger partial charge in [-0.2, -0.15) is 0 Å². The van der Waals surface area contributed by atoms with Gasteiger partial charge in [-0.1, -0.05) is 83.1 Å². The lowest BCUT2D eigenvalue weighted by molar-refractivity contribution is 0.0731. The van der Waals surface area contributed by atoms with Crippen molar-refractivity contribution in [3.05, 3.63) is 58.1 Å². The van der Waals surface area contributed by atoms with Gasteiger partial charge in [0.1, 0.15) is 11.5 Å². The predicted molar refractivity (Wildman–Crippen MR) is 134 cm³/mol. The Bertz CT molecular complexity index is 984. The molecule has 0 aliphatic heterocycles. The Labute approximate surface area is 195 Å². The first-order valence-electron chi connectivity index (χ1n) is 11.5. The van der Waals surface area contributed by atoms with Crippen molar-refractivity contribution in [1.82, 2.24) is 0 Å². The molecule has 0 aliphatic rings. The molecule has 0 unspecified atom stereocenters. The van der Waals surface area contributed by atoms with Crippen LogP contribution in [0.4, 0.5) is 0 Å². The molecule has 0 saturated heterocycles. The van der Waals surface area contributed by atoms with Crippen LogP contribution in [-0.2, 0) is 21.7 Å². The number of benzene rings is 2. The van der Waals surface area contributed by atoms with E-state index in [4.69, 9.17) is 4.74 Å². The van der Waals surface area contributed by atoms with E-state index in [1.165, 1.54) is 28.8 Å². The van der Waals surface area contributed by atoms with Crippen LogP contribution in [0.15, 0.2) is 30.3 Å². The lowest BCUT2D eigenvalue weighted by Crippen LogP contribution is -2.33. The summed E-state index contributed by atoms with van der Waals surface area (Å²) < 4.78 is 6.12. The second kappa shape index (κ2) is 8.24. The first-order valence-corrected chi connectivity index (χ1v) is 11.5. The molecule has 0 amide bonds. The van der Waals surface area contributed by atoms with E-state index < -0.39 is 5.97 Å². The third-order valence-electron chi connectivity index (χ3n) is 5.65. The summed E-state index contributed by atoms with van der Waals surface area (Å²) in [6.07, 6.45) is 0. The predicted octanol–water partition coefficient (Wildman–Crippen LogP) is 7.80. The number of esters is 1. The molecule has 0 radical (unpaired) electrons. The third kappa shape index (κ3) is 5.54. The molecule has 2 rings (SSSR count). The Hall–Kier alpha value is -2.29. The Balaban J connectivity index is 2.95. The fraction of sp³-hybridized carbons (Fsp3) is 0.552. The first kappa shape index (κ1) is 26.0. The third-order valence-corrected chi connectivity index (χ3v) is 5.65. The van der Waals surface area contributed by atoms with Crippen LogP contribution in [-0.4, -0.2) is 11.1 Å². The van der Waals surface area contributed by atoms with Crippen LogP contribution in [0.25, 0.3) is 0 Å². The van der Waals surface area contributed by atoms with Crippen molar-refractivity contribution in [3.8, 4) is 11.5 Å². The van der Waals surface area contributed by atoms with Gasteiger partial charge in [-0.15, -0.1) is 0 Å². The summed E-state index contributed by atoms with van der Waals surface area (Å²) in [5.41, 5.74) is 4.72. The van der Waals surface area contributed by atoms with Crippen LogP contribution < -0.4 is 4.74 Å². The SMILES string of the molecule is CC(C)(C)c1cc(OC(=O)c2ccc(O)cc2)c(C(C)(C)C)c(C(C)(C)C)c1C(C)(C)C. The number of carbonyl (C=O) groups excluding carboxylic acids is 1. The fourth-order valence-corrected chi connectivity index (χ4v) is 4.36. The highest BCUT2D eigenvalue weighted by molar-refractivity contribution is 5.91. The minimum atomic E-state index is -0.418. The molecule has 0 aromatic heterocycles. The zero-order valence-corrected chi connectivity index (χ0v) is 22.2. The summed E-state index contributed by atoms with van der Waals surface area (Å²) in [6, 6.07) is 8.28. The minimum absolute atomic E-state index is 0.0786. The molecule has 0 bridgehead atoms. The number of ether oxygens (including phenoxy) is 1. The molecular weight excluding hydrogens is 396 g/mol. The van der Waals surface area contributed by atoms with Crippen LogP contribution in [0.1, 0.15) is 116 Å². The number of hydrogen-bond donors (Lipinski definition) is 1. The average molecular weight is 439 g/mol. The summed E-state index contributed by atoms with van der Waals surface area (Å²) in [7, 11) is 0. The lowest BCUT2D eigenvalue weighted by atomic mass is 9.64. The van der Waals surface area contributed by atoms with E-state index in [1.807, 2.05) is 0 Å². The van der Waals surface area contributed by atoms with Crippen LogP contribution in [0.5, 0.6) is 11.5 Å². The minimum Gasteiger partial charge on any atom is -0.508 e. The van der Waals surface area contributed by atoms with Gasteiger partial charge in [0.2, 0.25) is 0 Å². The van der Waals surface area contributed by atoms with Crippen molar-refractivity contribution >= 4 is 5.97 Å². The van der Waals surface area contributed by atoms with Gasteiger partial charge in [-0.25, -0.2) is 4.79 Å². The maximum absolute atomic E-state index is 13.1. The van der Waals surface area contributed by atoms with E-state index >= 15 is 0 Å². The second-order valence-corrected chi connectivity index (χ2v) is 13.0. The molecule has 0 heterocycles. The summed E-state index contributed by atoms with van der Waals surface area (Å²) in [4.78, 5) is 13.1. The molecule has 0 aliphatic carbocycles. The number of rotatable bonds is 2. The Morgan fingerprint density at radius 1 is 0.656 bits per heavy atom. The van der Waals surface area contributed by atoms with Gasteiger partial charge < -0.3 is 9.84 Å². The largest absolute Gasteiger partial charge is 0.508 e. The lowest BCUT2D eigenvalue weighted by Gasteiger charge is -2.41. The van der Waals surface area contributed by atoms with Crippen molar-refractivity contribution in [1.29, 1.82) is 0 Å². The van der Waals surface area contributed by atoms with Gasteiger partial charge in [0.05, 0.1) is 5.56 Å². The molecule has 176 valence electrons. The highest BCUT2D eigenvalue weighted by Gasteiger charge is 2.38. The van der Waals surface area contributed by atoms with E-state index in [1.54, 1.807) is 12.1 Å². The van der Waals surface area contributed by atoms with E-state index in [2.05, 4.69) is 89.2 Å². The fourth-order valence-electron chi connectivity index (χ4n) is 4.36. The quantitative estimate of drug-likeness (QED) is 0.384. The van der Waals surface area contributed by atoms with Gasteiger partial charge in [-0.05, 0) is 68.7 Å². The van der Waals surface area contributed by atoms with Crippen molar-refractivity contribution in [3.63, 3.8) is 0 Å². The van der Waals surface area contributed by atoms with E-state index in [0.29, 0.717) is 11.3 Å². The van der Waals surface area contributed by atoms with E-state index in [0.717, 1.165) is 5.56 Å². The van der Waals surface area contributed by atoms with Gasteiger partial charge in [0.15, 0.2) is 0 Å². The van der Waals surface area contributed by atoms with Gasteiger partial charge >= 0.3 is 5.97 Å². The zero-order chi connectivity index (χ0) is 24.9. The Morgan fingerprint density at radius 3 is 1.47 bits per heavy atom. The van der Waals surface area contributed by atoms with Gasteiger partial charge in [0.25, 0.3) is 0 Å². The molecule has 0 atom stereocenters. The Kier molecular flexibility index (Phi) is 6.69. The van der Waals surface area contributed by atoms with Crippen molar-refractivity contribution in [2.45, 2.75) is 105 Å². The topological polar surface area (TPSA) is 46.5 Å². The number of aromatic hydroxyl groups is 1. The highest BCUT2D eigenvalue weighted by atomic mass is 16.5. The number of phenols is 1. The molecule has 2 aromatic carbocycles. The summed E-state index contributed by atoms with van der Waals surface area (Å²) in [5.74, 6) is 0.327. The maximum atomic E-state index is 13.1. The summed E-state index contributed by atoms with van der Waals surface area (Å²) >= 11 is 0. The molecule has 0 saturated carbocycles. The first-order chi connectivity index (χ1) is 14.2. The molecule has 1 N–H and O–H groups in total. The second-order valence-electron chi connectivity index (χ2n) is 13.0. The van der Waals surface area contributed by atoms with E-state index in [-0.39, 0.29) is 27.4 Å². The number of carbonyl (C=O) groups is 1. The standard InChI is InChI=1S/C29H42O3/c1-26(2,3)20-17-21(32-25(31)18-13-15-19(30)16-14-18)23(28(7,8)9)24(29(10,11)12)22(20)27(4,5)6/h13-17,30H,1-12H3. The van der Waals surface area contributed by atoms with Crippen molar-refractivity contribution in [2.75, 3.05) is 0 Å². The normalized spacial score (nSPS) is 13.2. The van der Waals surface area contributed by atoms with Crippen molar-refractivity contribution in [2.24, 2.45) is 0 Å². The van der Waals surface area contributed by atoms with Crippen molar-refractivity contribution < 1.29 is 14.6 Å². The molecule has 3 heteroatoms. The number of phenolic OH excluding ortho intramolecular Hbond substituents is 1.